The summed E-state index contributed by atoms with van der Waals surface area (Å²) in [6.07, 6.45) is 3.30. The summed E-state index contributed by atoms with van der Waals surface area (Å²) >= 11 is 0. The lowest BCUT2D eigenvalue weighted by atomic mass is 9.92. The highest BCUT2D eigenvalue weighted by Gasteiger charge is 2.46. The van der Waals surface area contributed by atoms with Crippen LogP contribution in [0.25, 0.3) is 32.9 Å². The molecule has 3 aliphatic heterocycles. The number of allylic oxidation sites excluding steroid dienone is 1. The second-order valence-electron chi connectivity index (χ2n) is 16.6. The number of ether oxygens (including phenoxy) is 3. The Morgan fingerprint density at radius 1 is 0.869 bits per heavy atom. The quantitative estimate of drug-likeness (QED) is 0.0832. The van der Waals surface area contributed by atoms with E-state index in [4.69, 9.17) is 14.2 Å². The summed E-state index contributed by atoms with van der Waals surface area (Å²) in [7, 11) is 2.06. The van der Waals surface area contributed by atoms with Crippen LogP contribution in [0.2, 0.25) is 0 Å². The molecule has 2 unspecified atom stereocenters. The number of piperidine rings is 1. The first kappa shape index (κ1) is 40.6. The van der Waals surface area contributed by atoms with Crippen molar-refractivity contribution in [1.82, 2.24) is 24.8 Å². The molecule has 2 aromatic carbocycles. The van der Waals surface area contributed by atoms with Gasteiger partial charge in [0.15, 0.2) is 6.10 Å². The molecule has 1 aliphatic carbocycles. The van der Waals surface area contributed by atoms with Gasteiger partial charge in [0.1, 0.15) is 12.1 Å². The Hall–Kier alpha value is -5.80. The predicted molar refractivity (Wildman–Crippen MR) is 222 cm³/mol. The van der Waals surface area contributed by atoms with E-state index in [-0.39, 0.29) is 42.3 Å². The van der Waals surface area contributed by atoms with Gasteiger partial charge in [-0.05, 0) is 86.4 Å². The van der Waals surface area contributed by atoms with Crippen LogP contribution in [0.15, 0.2) is 85.5 Å². The summed E-state index contributed by atoms with van der Waals surface area (Å²) in [5.41, 5.74) is 5.92. The number of amides is 3. The number of pyridine rings is 2. The SMILES string of the molecule is C=C1CCC(N2C(=O)c3ccc(N4CC(CC(OCCCCCOC5CC(Oc6ccc(-c7ccc8c9cnccc9n(C)c8c7)cn6)C5)C(F)(F)F)C4)cc3C2=O)C(=O)N1. The second kappa shape index (κ2) is 16.6. The van der Waals surface area contributed by atoms with Crippen molar-refractivity contribution in [3.8, 4) is 17.0 Å². The molecule has 4 aliphatic rings. The van der Waals surface area contributed by atoms with Gasteiger partial charge in [0.05, 0.1) is 22.7 Å². The number of fused-ring (bicyclic) bond motifs is 4. The molecule has 0 spiro atoms. The fraction of sp³-hybridized carbons (Fsp3) is 0.413. The average molecular weight is 837 g/mol. The van der Waals surface area contributed by atoms with Gasteiger partial charge in [0, 0.05) is 104 Å². The maximum Gasteiger partial charge on any atom is 0.414 e. The van der Waals surface area contributed by atoms with Gasteiger partial charge in [-0.1, -0.05) is 18.7 Å². The molecule has 0 radical (unpaired) electrons. The standard InChI is InChI=1S/C46H47F3N6O6/c1-27-6-12-39(43(56)52-27)55-44(57)35-11-9-31(20-36(35)45(55)58)54-25-28(26-54)18-41(46(47,48)49)60-17-5-3-4-16-59-32-21-33(22-32)61-42-13-8-30(23-51-42)29-7-10-34-37-24-50-15-14-38(37)53(2)40(34)19-29/h7-11,13-15,19-20,23-24,28,32-33,39,41H,1,3-6,12,16-18,21-22,25-26H2,2H3,(H,52,56). The average Bonchev–Trinajstić information content (AvgIpc) is 3.64. The number of alkyl halides is 3. The number of hydrogen-bond acceptors (Lipinski definition) is 9. The smallest absolute Gasteiger partial charge is 0.414 e. The van der Waals surface area contributed by atoms with Gasteiger partial charge in [-0.25, -0.2) is 4.98 Å². The highest BCUT2D eigenvalue weighted by molar-refractivity contribution is 6.23. The highest BCUT2D eigenvalue weighted by atomic mass is 19.4. The van der Waals surface area contributed by atoms with Crippen molar-refractivity contribution in [1.29, 1.82) is 0 Å². The Morgan fingerprint density at radius 2 is 1.66 bits per heavy atom. The molecule has 1 N–H and O–H groups in total. The zero-order valence-electron chi connectivity index (χ0n) is 33.8. The molecule has 3 amide bonds. The van der Waals surface area contributed by atoms with Gasteiger partial charge >= 0.3 is 6.18 Å². The minimum atomic E-state index is -4.49. The molecule has 3 aromatic heterocycles. The van der Waals surface area contributed by atoms with E-state index in [9.17, 15) is 27.6 Å². The van der Waals surface area contributed by atoms with Crippen molar-refractivity contribution >= 4 is 45.2 Å². The number of unbranched alkanes of at least 4 members (excludes halogenated alkanes) is 2. The van der Waals surface area contributed by atoms with Crippen molar-refractivity contribution in [2.24, 2.45) is 13.0 Å². The molecular formula is C46H47F3N6O6. The van der Waals surface area contributed by atoms with Crippen LogP contribution >= 0.6 is 0 Å². The summed E-state index contributed by atoms with van der Waals surface area (Å²) < 4.78 is 61.5. The molecule has 15 heteroatoms. The highest BCUT2D eigenvalue weighted by Crippen LogP contribution is 2.37. The molecule has 2 saturated heterocycles. The molecule has 9 rings (SSSR count). The summed E-state index contributed by atoms with van der Waals surface area (Å²) in [5.74, 6) is -1.20. The van der Waals surface area contributed by atoms with Crippen LogP contribution in [-0.4, -0.2) is 94.0 Å². The molecule has 6 heterocycles. The number of halogens is 3. The number of aryl methyl sites for hydroxylation is 1. The number of rotatable bonds is 15. The van der Waals surface area contributed by atoms with Gasteiger partial charge in [0.2, 0.25) is 11.8 Å². The Morgan fingerprint density at radius 3 is 2.43 bits per heavy atom. The summed E-state index contributed by atoms with van der Waals surface area (Å²) in [6.45, 7) is 5.00. The lowest BCUT2D eigenvalue weighted by Crippen LogP contribution is -2.51. The van der Waals surface area contributed by atoms with Gasteiger partial charge in [-0.3, -0.25) is 24.3 Å². The van der Waals surface area contributed by atoms with Crippen LogP contribution in [0, 0.1) is 5.92 Å². The Bertz CT molecular complexity index is 2490. The number of nitrogens with zero attached hydrogens (tertiary/aromatic N) is 5. The van der Waals surface area contributed by atoms with E-state index in [1.165, 1.54) is 0 Å². The minimum absolute atomic E-state index is 0.00579. The molecule has 61 heavy (non-hydrogen) atoms. The van der Waals surface area contributed by atoms with Crippen molar-refractivity contribution in [3.63, 3.8) is 0 Å². The normalized spacial score (nSPS) is 21.1. The largest absolute Gasteiger partial charge is 0.474 e. The van der Waals surface area contributed by atoms with Crippen molar-refractivity contribution in [2.75, 3.05) is 31.2 Å². The van der Waals surface area contributed by atoms with E-state index in [1.54, 1.807) is 24.4 Å². The maximum absolute atomic E-state index is 14.0. The minimum Gasteiger partial charge on any atom is -0.474 e. The third-order valence-corrected chi connectivity index (χ3v) is 12.4. The fourth-order valence-electron chi connectivity index (χ4n) is 8.90. The lowest BCUT2D eigenvalue weighted by Gasteiger charge is -2.42. The first-order valence-electron chi connectivity index (χ1n) is 20.9. The third kappa shape index (κ3) is 8.20. The summed E-state index contributed by atoms with van der Waals surface area (Å²) in [6, 6.07) is 16.2. The van der Waals surface area contributed by atoms with Crippen molar-refractivity contribution < 1.29 is 41.8 Å². The monoisotopic (exact) mass is 836 g/mol. The van der Waals surface area contributed by atoms with E-state index in [2.05, 4.69) is 51.7 Å². The van der Waals surface area contributed by atoms with Gasteiger partial charge in [-0.15, -0.1) is 0 Å². The summed E-state index contributed by atoms with van der Waals surface area (Å²) in [5, 5.41) is 4.90. The Kier molecular flexibility index (Phi) is 11.0. The van der Waals surface area contributed by atoms with Gasteiger partial charge in [0.25, 0.3) is 11.8 Å². The van der Waals surface area contributed by atoms with Crippen LogP contribution in [0.4, 0.5) is 18.9 Å². The van der Waals surface area contributed by atoms with E-state index < -0.39 is 36.0 Å². The molecule has 0 bridgehead atoms. The maximum atomic E-state index is 14.0. The van der Waals surface area contributed by atoms with Gasteiger partial charge < -0.3 is 29.0 Å². The predicted octanol–water partition coefficient (Wildman–Crippen LogP) is 7.75. The van der Waals surface area contributed by atoms with Crippen LogP contribution in [-0.2, 0) is 21.3 Å². The Labute approximate surface area is 350 Å². The van der Waals surface area contributed by atoms with Crippen LogP contribution in [0.5, 0.6) is 5.88 Å². The molecule has 2 atom stereocenters. The molecular weight excluding hydrogens is 790 g/mol. The zero-order chi connectivity index (χ0) is 42.4. The van der Waals surface area contributed by atoms with Crippen molar-refractivity contribution in [2.45, 2.75) is 81.9 Å². The molecule has 5 aromatic rings. The number of carbonyl (C=O) groups excluding carboxylic acids is 3. The lowest BCUT2D eigenvalue weighted by molar-refractivity contribution is -0.226. The fourth-order valence-corrected chi connectivity index (χ4v) is 8.90. The Balaban J connectivity index is 0.659. The molecule has 12 nitrogen and oxygen atoms in total. The first-order valence-corrected chi connectivity index (χ1v) is 20.9. The van der Waals surface area contributed by atoms with Crippen LogP contribution in [0.1, 0.15) is 72.1 Å². The van der Waals surface area contributed by atoms with E-state index in [0.29, 0.717) is 62.6 Å². The number of hydrogen-bond donors (Lipinski definition) is 1. The van der Waals surface area contributed by atoms with E-state index in [1.807, 2.05) is 35.5 Å². The second-order valence-corrected chi connectivity index (χ2v) is 16.6. The molecule has 1 saturated carbocycles. The molecule has 3 fully saturated rings. The number of anilines is 1. The van der Waals surface area contributed by atoms with E-state index in [0.717, 1.165) is 57.1 Å². The van der Waals surface area contributed by atoms with Gasteiger partial charge in [-0.2, -0.15) is 13.2 Å². The van der Waals surface area contributed by atoms with Crippen LogP contribution in [0.3, 0.4) is 0 Å². The number of nitrogens with one attached hydrogen (secondary N) is 1. The zero-order valence-corrected chi connectivity index (χ0v) is 33.8. The first-order chi connectivity index (χ1) is 29.4. The third-order valence-electron chi connectivity index (χ3n) is 12.4. The summed E-state index contributed by atoms with van der Waals surface area (Å²) in [4.78, 5) is 50.5. The number of carbonyl (C=O) groups is 3. The topological polar surface area (TPSA) is 128 Å². The van der Waals surface area contributed by atoms with Crippen LogP contribution < -0.4 is 15.0 Å². The number of aromatic nitrogens is 3. The number of imide groups is 1. The number of benzene rings is 2. The van der Waals surface area contributed by atoms with Crippen molar-refractivity contribution in [3.05, 3.63) is 96.6 Å². The van der Waals surface area contributed by atoms with E-state index >= 15 is 0 Å². The molecule has 318 valence electrons.